The summed E-state index contributed by atoms with van der Waals surface area (Å²) in [5, 5.41) is 0. The molecule has 1 aromatic carbocycles. The number of hydrogen-bond acceptors (Lipinski definition) is 12. The van der Waals surface area contributed by atoms with E-state index in [9.17, 15) is 19.2 Å². The van der Waals surface area contributed by atoms with Gasteiger partial charge in [-0.05, 0) is 57.2 Å². The van der Waals surface area contributed by atoms with Crippen LogP contribution >= 0.6 is 0 Å². The van der Waals surface area contributed by atoms with Gasteiger partial charge in [-0.2, -0.15) is 0 Å². The van der Waals surface area contributed by atoms with E-state index in [1.165, 1.54) is 12.1 Å². The number of benzene rings is 1. The molecule has 38 heavy (non-hydrogen) atoms. The van der Waals surface area contributed by atoms with Crippen molar-refractivity contribution in [2.24, 2.45) is 5.73 Å². The summed E-state index contributed by atoms with van der Waals surface area (Å²) >= 11 is 0. The number of unbranched alkanes of at least 4 members (excludes halogenated alkanes) is 1. The molecule has 0 spiro atoms. The number of carbonyl (C=O) groups is 4. The van der Waals surface area contributed by atoms with Crippen molar-refractivity contribution in [2.75, 3.05) is 19.8 Å². The SMILES string of the molecule is CCCCOC(=O)OC(C)[C@H](C)OC(=O)[C@@H](N)Cc1ccc(OC(=O)OCCC)c(OC(=O)OCCC)c1. The smallest absolute Gasteiger partial charge is 0.458 e. The zero-order chi connectivity index (χ0) is 28.5. The zero-order valence-electron chi connectivity index (χ0n) is 22.7. The highest BCUT2D eigenvalue weighted by atomic mass is 16.7. The summed E-state index contributed by atoms with van der Waals surface area (Å²) in [7, 11) is 0. The average Bonchev–Trinajstić information content (AvgIpc) is 2.87. The van der Waals surface area contributed by atoms with E-state index in [1.54, 1.807) is 19.9 Å². The third-order valence-electron chi connectivity index (χ3n) is 4.96. The average molecular weight is 542 g/mol. The molecule has 0 aliphatic carbocycles. The Bertz CT molecular complexity index is 905. The van der Waals surface area contributed by atoms with Gasteiger partial charge in [0, 0.05) is 0 Å². The lowest BCUT2D eigenvalue weighted by Gasteiger charge is -2.22. The highest BCUT2D eigenvalue weighted by Crippen LogP contribution is 2.30. The molecular weight excluding hydrogens is 502 g/mol. The van der Waals surface area contributed by atoms with Crippen molar-refractivity contribution in [3.05, 3.63) is 23.8 Å². The molecule has 3 atom stereocenters. The van der Waals surface area contributed by atoms with Gasteiger partial charge in [-0.15, -0.1) is 0 Å². The first kappa shape index (κ1) is 32.5. The van der Waals surface area contributed by atoms with Gasteiger partial charge in [-0.1, -0.05) is 33.3 Å². The van der Waals surface area contributed by atoms with Crippen LogP contribution < -0.4 is 15.2 Å². The van der Waals surface area contributed by atoms with Gasteiger partial charge in [-0.3, -0.25) is 4.79 Å². The van der Waals surface area contributed by atoms with Gasteiger partial charge in [-0.25, -0.2) is 14.4 Å². The minimum absolute atomic E-state index is 0.000773. The summed E-state index contributed by atoms with van der Waals surface area (Å²) in [6.45, 7) is 9.27. The molecule has 1 unspecified atom stereocenters. The number of hydrogen-bond donors (Lipinski definition) is 1. The normalized spacial score (nSPS) is 12.9. The van der Waals surface area contributed by atoms with Crippen LogP contribution in [0.15, 0.2) is 18.2 Å². The standard InChI is InChI=1S/C26H39NO11/c1-6-9-14-34-24(29)36-18(5)17(4)35-23(28)20(27)15-19-10-11-21(37-25(30)32-12-7-2)22(16-19)38-26(31)33-13-8-3/h10-11,16-18,20H,6-9,12-15,27H2,1-5H3/t17-,18?,20-/m0/s1. The van der Waals surface area contributed by atoms with Crippen LogP contribution in [-0.4, -0.2) is 62.5 Å². The zero-order valence-corrected chi connectivity index (χ0v) is 22.7. The van der Waals surface area contributed by atoms with Crippen molar-refractivity contribution >= 4 is 24.4 Å². The topological polar surface area (TPSA) is 159 Å². The Balaban J connectivity index is 2.83. The van der Waals surface area contributed by atoms with E-state index in [1.807, 2.05) is 20.8 Å². The molecule has 1 aromatic rings. The molecule has 0 aliphatic heterocycles. The van der Waals surface area contributed by atoms with Crippen molar-refractivity contribution in [1.82, 2.24) is 0 Å². The third kappa shape index (κ3) is 12.6. The number of carbonyl (C=O) groups excluding carboxylic acids is 4. The van der Waals surface area contributed by atoms with Crippen molar-refractivity contribution in [3.8, 4) is 11.5 Å². The predicted octanol–water partition coefficient (Wildman–Crippen LogP) is 4.68. The summed E-state index contributed by atoms with van der Waals surface area (Å²) in [5.74, 6) is -0.931. The maximum Gasteiger partial charge on any atom is 0.513 e. The van der Waals surface area contributed by atoms with E-state index in [0.29, 0.717) is 24.8 Å². The van der Waals surface area contributed by atoms with Crippen molar-refractivity contribution in [3.63, 3.8) is 0 Å². The Hall–Kier alpha value is -3.54. The molecule has 214 valence electrons. The lowest BCUT2D eigenvalue weighted by Crippen LogP contribution is -2.39. The molecule has 0 saturated carbocycles. The second-order valence-corrected chi connectivity index (χ2v) is 8.41. The highest BCUT2D eigenvalue weighted by molar-refractivity contribution is 5.76. The van der Waals surface area contributed by atoms with Crippen LogP contribution in [0.4, 0.5) is 14.4 Å². The van der Waals surface area contributed by atoms with Crippen LogP contribution in [0.25, 0.3) is 0 Å². The summed E-state index contributed by atoms with van der Waals surface area (Å²) in [6, 6.07) is 3.22. The minimum atomic E-state index is -1.10. The lowest BCUT2D eigenvalue weighted by molar-refractivity contribution is -0.155. The van der Waals surface area contributed by atoms with E-state index < -0.39 is 42.7 Å². The molecule has 12 heteroatoms. The number of nitrogens with two attached hydrogens (primary N) is 1. The Morgan fingerprint density at radius 1 is 0.737 bits per heavy atom. The van der Waals surface area contributed by atoms with E-state index in [2.05, 4.69) is 0 Å². The van der Waals surface area contributed by atoms with Gasteiger partial charge in [0.1, 0.15) is 18.2 Å². The van der Waals surface area contributed by atoms with Gasteiger partial charge in [0.25, 0.3) is 0 Å². The largest absolute Gasteiger partial charge is 0.513 e. The second-order valence-electron chi connectivity index (χ2n) is 8.41. The van der Waals surface area contributed by atoms with Crippen molar-refractivity contribution in [2.45, 2.75) is 85.0 Å². The summed E-state index contributed by atoms with van der Waals surface area (Å²) < 4.78 is 35.5. The highest BCUT2D eigenvalue weighted by Gasteiger charge is 2.25. The van der Waals surface area contributed by atoms with Crippen LogP contribution in [0.2, 0.25) is 0 Å². The molecule has 2 N–H and O–H groups in total. The number of rotatable bonds is 15. The molecule has 1 rings (SSSR count). The minimum Gasteiger partial charge on any atom is -0.458 e. The van der Waals surface area contributed by atoms with Crippen molar-refractivity contribution < 1.29 is 52.3 Å². The molecule has 0 amide bonds. The predicted molar refractivity (Wildman–Crippen MR) is 135 cm³/mol. The van der Waals surface area contributed by atoms with Gasteiger partial charge in [0.05, 0.1) is 19.8 Å². The first-order chi connectivity index (χ1) is 18.1. The van der Waals surface area contributed by atoms with Gasteiger partial charge in [0.2, 0.25) is 0 Å². The van der Waals surface area contributed by atoms with Crippen molar-refractivity contribution in [1.29, 1.82) is 0 Å². The molecule has 0 bridgehead atoms. The fraction of sp³-hybridized carbons (Fsp3) is 0.615. The maximum atomic E-state index is 12.5. The maximum absolute atomic E-state index is 12.5. The summed E-state index contributed by atoms with van der Waals surface area (Å²) in [5.41, 5.74) is 6.51. The van der Waals surface area contributed by atoms with Gasteiger partial charge < -0.3 is 38.9 Å². The van der Waals surface area contributed by atoms with Gasteiger partial charge >= 0.3 is 24.4 Å². The molecule has 0 aliphatic rings. The first-order valence-corrected chi connectivity index (χ1v) is 12.7. The summed E-state index contributed by atoms with van der Waals surface area (Å²) in [6.07, 6.45) is -1.59. The second kappa shape index (κ2) is 17.8. The molecule has 0 heterocycles. The summed E-state index contributed by atoms with van der Waals surface area (Å²) in [4.78, 5) is 48.1. The number of esters is 1. The first-order valence-electron chi connectivity index (χ1n) is 12.7. The van der Waals surface area contributed by atoms with Crippen LogP contribution in [-0.2, 0) is 34.9 Å². The van der Waals surface area contributed by atoms with E-state index in [0.717, 1.165) is 6.42 Å². The van der Waals surface area contributed by atoms with Crippen LogP contribution in [0, 0.1) is 0 Å². The van der Waals surface area contributed by atoms with E-state index in [-0.39, 0.29) is 37.7 Å². The molecular formula is C26H39NO11. The van der Waals surface area contributed by atoms with Crippen LogP contribution in [0.1, 0.15) is 65.9 Å². The third-order valence-corrected chi connectivity index (χ3v) is 4.96. The van der Waals surface area contributed by atoms with Crippen LogP contribution in [0.5, 0.6) is 11.5 Å². The fourth-order valence-electron chi connectivity index (χ4n) is 2.74. The molecule has 0 saturated heterocycles. The number of ether oxygens (including phenoxy) is 7. The molecule has 0 fully saturated rings. The Labute approximate surface area is 223 Å². The Morgan fingerprint density at radius 2 is 1.29 bits per heavy atom. The van der Waals surface area contributed by atoms with E-state index in [4.69, 9.17) is 38.9 Å². The monoisotopic (exact) mass is 541 g/mol. The van der Waals surface area contributed by atoms with Gasteiger partial charge in [0.15, 0.2) is 11.5 Å². The Kier molecular flexibility index (Phi) is 15.2. The lowest BCUT2D eigenvalue weighted by atomic mass is 10.1. The van der Waals surface area contributed by atoms with Crippen LogP contribution in [0.3, 0.4) is 0 Å². The fourth-order valence-corrected chi connectivity index (χ4v) is 2.74. The molecule has 12 nitrogen and oxygen atoms in total. The Morgan fingerprint density at radius 3 is 1.87 bits per heavy atom. The van der Waals surface area contributed by atoms with E-state index >= 15 is 0 Å². The quantitative estimate of drug-likeness (QED) is 0.142. The molecule has 0 radical (unpaired) electrons. The molecule has 0 aromatic heterocycles.